The van der Waals surface area contributed by atoms with Crippen LogP contribution in [0.1, 0.15) is 10.4 Å². The largest absolute Gasteiger partial charge is 0.465 e. The molecule has 0 saturated heterocycles. The van der Waals surface area contributed by atoms with Gasteiger partial charge in [-0.2, -0.15) is 0 Å². The van der Waals surface area contributed by atoms with Gasteiger partial charge in [0.1, 0.15) is 5.58 Å². The monoisotopic (exact) mass is 388 g/mol. The van der Waals surface area contributed by atoms with Gasteiger partial charge in [0.15, 0.2) is 0 Å². The molecule has 29 heavy (non-hydrogen) atoms. The summed E-state index contributed by atoms with van der Waals surface area (Å²) in [5, 5.41) is 7.34. The summed E-state index contributed by atoms with van der Waals surface area (Å²) in [6, 6.07) is 18.1. The minimum absolute atomic E-state index is 0.331. The Labute approximate surface area is 164 Å². The van der Waals surface area contributed by atoms with Crippen molar-refractivity contribution in [3.05, 3.63) is 82.7 Å². The average molecular weight is 388 g/mol. The fourth-order valence-electron chi connectivity index (χ4n) is 3.09. The van der Waals surface area contributed by atoms with Crippen LogP contribution in [0.2, 0.25) is 0 Å². The first-order chi connectivity index (χ1) is 14.0. The van der Waals surface area contributed by atoms with Crippen molar-refractivity contribution in [2.24, 2.45) is 0 Å². The standard InChI is InChI=1S/C22H16N2O5/c1-28-20(25)13-5-4-6-14(11-13)23-22(27)24-15-9-10-19-18(12-15)16-7-2-3-8-17(16)21(26)29-19/h2-12H,1H3,(H2,23,24,27). The van der Waals surface area contributed by atoms with E-state index in [0.717, 1.165) is 5.39 Å². The minimum Gasteiger partial charge on any atom is -0.465 e. The molecule has 0 aliphatic heterocycles. The highest BCUT2D eigenvalue weighted by Crippen LogP contribution is 2.25. The molecule has 0 aliphatic carbocycles. The van der Waals surface area contributed by atoms with E-state index in [9.17, 15) is 14.4 Å². The number of ether oxygens (including phenoxy) is 1. The third-order valence-electron chi connectivity index (χ3n) is 4.42. The number of anilines is 2. The lowest BCUT2D eigenvalue weighted by molar-refractivity contribution is 0.0600. The lowest BCUT2D eigenvalue weighted by Gasteiger charge is -2.10. The first-order valence-electron chi connectivity index (χ1n) is 8.77. The van der Waals surface area contributed by atoms with Gasteiger partial charge < -0.3 is 19.8 Å². The molecular weight excluding hydrogens is 372 g/mol. The predicted molar refractivity (Wildman–Crippen MR) is 110 cm³/mol. The second-order valence-electron chi connectivity index (χ2n) is 6.30. The number of benzene rings is 3. The van der Waals surface area contributed by atoms with Crippen LogP contribution in [0.4, 0.5) is 16.2 Å². The number of carbonyl (C=O) groups excluding carboxylic acids is 2. The zero-order valence-electron chi connectivity index (χ0n) is 15.4. The van der Waals surface area contributed by atoms with E-state index in [1.807, 2.05) is 12.1 Å². The summed E-state index contributed by atoms with van der Waals surface area (Å²) in [6.45, 7) is 0. The highest BCUT2D eigenvalue weighted by Gasteiger charge is 2.10. The quantitative estimate of drug-likeness (QED) is 0.308. The van der Waals surface area contributed by atoms with Crippen LogP contribution in [0.3, 0.4) is 0 Å². The summed E-state index contributed by atoms with van der Waals surface area (Å²) in [7, 11) is 1.29. The molecule has 1 aromatic heterocycles. The Morgan fingerprint density at radius 2 is 1.55 bits per heavy atom. The van der Waals surface area contributed by atoms with Gasteiger partial charge in [0, 0.05) is 16.8 Å². The molecular formula is C22H16N2O5. The van der Waals surface area contributed by atoms with Crippen molar-refractivity contribution in [3.63, 3.8) is 0 Å². The van der Waals surface area contributed by atoms with Crippen molar-refractivity contribution >= 4 is 45.1 Å². The van der Waals surface area contributed by atoms with Crippen LogP contribution in [0, 0.1) is 0 Å². The predicted octanol–water partition coefficient (Wildman–Crippen LogP) is 4.38. The molecule has 0 unspecified atom stereocenters. The number of urea groups is 1. The molecule has 0 aliphatic rings. The van der Waals surface area contributed by atoms with Gasteiger partial charge in [-0.3, -0.25) is 0 Å². The lowest BCUT2D eigenvalue weighted by atomic mass is 10.1. The van der Waals surface area contributed by atoms with E-state index >= 15 is 0 Å². The molecule has 3 aromatic carbocycles. The summed E-state index contributed by atoms with van der Waals surface area (Å²) < 4.78 is 10.0. The van der Waals surface area contributed by atoms with Crippen molar-refractivity contribution in [2.75, 3.05) is 17.7 Å². The molecule has 4 aromatic rings. The van der Waals surface area contributed by atoms with E-state index in [-0.39, 0.29) is 0 Å². The van der Waals surface area contributed by atoms with Crippen molar-refractivity contribution < 1.29 is 18.7 Å². The highest BCUT2D eigenvalue weighted by atomic mass is 16.5. The Bertz CT molecular complexity index is 1310. The SMILES string of the molecule is COC(=O)c1cccc(NC(=O)Nc2ccc3oc(=O)c4ccccc4c3c2)c1. The van der Waals surface area contributed by atoms with Crippen LogP contribution in [0.25, 0.3) is 21.7 Å². The molecule has 0 saturated carbocycles. The number of fused-ring (bicyclic) bond motifs is 3. The highest BCUT2D eigenvalue weighted by molar-refractivity contribution is 6.07. The minimum atomic E-state index is -0.489. The second-order valence-corrected chi connectivity index (χ2v) is 6.30. The lowest BCUT2D eigenvalue weighted by Crippen LogP contribution is -2.19. The fourth-order valence-corrected chi connectivity index (χ4v) is 3.09. The average Bonchev–Trinajstić information content (AvgIpc) is 2.74. The smallest absolute Gasteiger partial charge is 0.344 e. The van der Waals surface area contributed by atoms with Gasteiger partial charge in [-0.05, 0) is 47.9 Å². The topological polar surface area (TPSA) is 97.6 Å². The molecule has 2 amide bonds. The van der Waals surface area contributed by atoms with Crippen LogP contribution < -0.4 is 16.3 Å². The van der Waals surface area contributed by atoms with E-state index in [1.54, 1.807) is 48.5 Å². The first kappa shape index (κ1) is 18.2. The number of rotatable bonds is 3. The summed E-state index contributed by atoms with van der Waals surface area (Å²) in [6.07, 6.45) is 0. The molecule has 0 fully saturated rings. The second kappa shape index (κ2) is 7.47. The van der Waals surface area contributed by atoms with E-state index in [1.165, 1.54) is 13.2 Å². The summed E-state index contributed by atoms with van der Waals surface area (Å²) >= 11 is 0. The number of nitrogens with one attached hydrogen (secondary N) is 2. The van der Waals surface area contributed by atoms with Crippen LogP contribution in [0.15, 0.2) is 75.9 Å². The van der Waals surface area contributed by atoms with E-state index in [2.05, 4.69) is 15.4 Å². The summed E-state index contributed by atoms with van der Waals surface area (Å²) in [5.41, 5.74) is 1.33. The van der Waals surface area contributed by atoms with Crippen molar-refractivity contribution in [1.82, 2.24) is 0 Å². The number of methoxy groups -OCH3 is 1. The van der Waals surface area contributed by atoms with Gasteiger partial charge in [-0.25, -0.2) is 14.4 Å². The zero-order valence-corrected chi connectivity index (χ0v) is 15.4. The fraction of sp³-hybridized carbons (Fsp3) is 0.0455. The van der Waals surface area contributed by atoms with Gasteiger partial charge in [-0.1, -0.05) is 24.3 Å². The van der Waals surface area contributed by atoms with Crippen molar-refractivity contribution in [3.8, 4) is 0 Å². The van der Waals surface area contributed by atoms with Crippen LogP contribution in [-0.2, 0) is 4.74 Å². The number of hydrogen-bond acceptors (Lipinski definition) is 5. The van der Waals surface area contributed by atoms with Gasteiger partial charge >= 0.3 is 17.6 Å². The van der Waals surface area contributed by atoms with E-state index in [4.69, 9.17) is 4.42 Å². The number of amides is 2. The Hall–Kier alpha value is -4.13. The number of carbonyl (C=O) groups is 2. The Morgan fingerprint density at radius 1 is 0.828 bits per heavy atom. The van der Waals surface area contributed by atoms with Gasteiger partial charge in [0.2, 0.25) is 0 Å². The van der Waals surface area contributed by atoms with E-state index < -0.39 is 17.6 Å². The Kier molecular flexibility index (Phi) is 4.70. The third kappa shape index (κ3) is 3.66. The van der Waals surface area contributed by atoms with Crippen LogP contribution in [-0.4, -0.2) is 19.1 Å². The summed E-state index contributed by atoms with van der Waals surface area (Å²) in [5.74, 6) is -0.489. The Morgan fingerprint density at radius 3 is 2.31 bits per heavy atom. The Balaban J connectivity index is 1.60. The molecule has 0 bridgehead atoms. The molecule has 0 atom stereocenters. The van der Waals surface area contributed by atoms with Crippen LogP contribution >= 0.6 is 0 Å². The molecule has 7 nitrogen and oxygen atoms in total. The molecule has 2 N–H and O–H groups in total. The molecule has 7 heteroatoms. The maximum atomic E-state index is 12.4. The maximum Gasteiger partial charge on any atom is 0.344 e. The zero-order chi connectivity index (χ0) is 20.4. The molecule has 1 heterocycles. The van der Waals surface area contributed by atoms with Gasteiger partial charge in [0.05, 0.1) is 18.1 Å². The van der Waals surface area contributed by atoms with E-state index in [0.29, 0.717) is 33.3 Å². The number of esters is 1. The van der Waals surface area contributed by atoms with Crippen LogP contribution in [0.5, 0.6) is 0 Å². The molecule has 0 spiro atoms. The maximum absolute atomic E-state index is 12.4. The van der Waals surface area contributed by atoms with Gasteiger partial charge in [0.25, 0.3) is 0 Å². The normalized spacial score (nSPS) is 10.7. The van der Waals surface area contributed by atoms with Crippen molar-refractivity contribution in [1.29, 1.82) is 0 Å². The molecule has 144 valence electrons. The number of hydrogen-bond donors (Lipinski definition) is 2. The molecule has 0 radical (unpaired) electrons. The third-order valence-corrected chi connectivity index (χ3v) is 4.42. The van der Waals surface area contributed by atoms with Gasteiger partial charge in [-0.15, -0.1) is 0 Å². The summed E-state index contributed by atoms with van der Waals surface area (Å²) in [4.78, 5) is 36.1. The first-order valence-corrected chi connectivity index (χ1v) is 8.77. The van der Waals surface area contributed by atoms with Crippen molar-refractivity contribution in [2.45, 2.75) is 0 Å². The molecule has 4 rings (SSSR count).